The molecule has 2 aliphatic rings. The van der Waals surface area contributed by atoms with Crippen molar-refractivity contribution in [3.05, 3.63) is 53.6 Å². The third-order valence-electron chi connectivity index (χ3n) is 5.28. The molecule has 2 aromatic carbocycles. The van der Waals surface area contributed by atoms with Crippen LogP contribution in [0.1, 0.15) is 27.6 Å². The molecule has 0 aliphatic carbocycles. The number of rotatable bonds is 4. The molecule has 0 N–H and O–H groups in total. The van der Waals surface area contributed by atoms with Crippen LogP contribution in [-0.4, -0.2) is 63.3 Å². The molecule has 0 saturated carbocycles. The van der Waals surface area contributed by atoms with Crippen molar-refractivity contribution in [3.8, 4) is 11.5 Å². The molecule has 7 nitrogen and oxygen atoms in total. The highest BCUT2D eigenvalue weighted by molar-refractivity contribution is 7.99. The molecule has 2 aromatic rings. The van der Waals surface area contributed by atoms with Gasteiger partial charge in [0, 0.05) is 43.8 Å². The maximum atomic E-state index is 13.0. The first-order valence-electron chi connectivity index (χ1n) is 9.69. The van der Waals surface area contributed by atoms with Gasteiger partial charge >= 0.3 is 0 Å². The van der Waals surface area contributed by atoms with Gasteiger partial charge < -0.3 is 14.4 Å². The maximum absolute atomic E-state index is 13.0. The fourth-order valence-electron chi connectivity index (χ4n) is 3.52. The van der Waals surface area contributed by atoms with Crippen molar-refractivity contribution in [3.63, 3.8) is 0 Å². The van der Waals surface area contributed by atoms with Gasteiger partial charge in [0.1, 0.15) is 0 Å². The summed E-state index contributed by atoms with van der Waals surface area (Å²) < 4.78 is 36.5. The Morgan fingerprint density at radius 3 is 2.53 bits per heavy atom. The first-order valence-corrected chi connectivity index (χ1v) is 12.2. The number of hydrogen-bond acceptors (Lipinski definition) is 6. The topological polar surface area (TPSA) is 76.2 Å². The smallest absolute Gasteiger partial charge is 0.253 e. The van der Waals surface area contributed by atoms with E-state index in [9.17, 15) is 13.2 Å². The molecular formula is C21H24N2O5S2. The number of ether oxygens (including phenoxy) is 2. The summed E-state index contributed by atoms with van der Waals surface area (Å²) in [6, 6.07) is 12.2. The number of fused-ring (bicyclic) bond motifs is 1. The van der Waals surface area contributed by atoms with E-state index < -0.39 is 10.0 Å². The van der Waals surface area contributed by atoms with E-state index in [1.807, 2.05) is 28.8 Å². The van der Waals surface area contributed by atoms with E-state index in [2.05, 4.69) is 6.07 Å². The number of sulfonamides is 1. The molecule has 160 valence electrons. The molecule has 2 aliphatic heterocycles. The Labute approximate surface area is 181 Å². The van der Waals surface area contributed by atoms with Gasteiger partial charge in [-0.1, -0.05) is 6.07 Å². The van der Waals surface area contributed by atoms with Crippen LogP contribution in [0, 0.1) is 0 Å². The van der Waals surface area contributed by atoms with Crippen LogP contribution in [0.15, 0.2) is 47.4 Å². The van der Waals surface area contributed by atoms with E-state index in [4.69, 9.17) is 9.47 Å². The van der Waals surface area contributed by atoms with E-state index in [0.29, 0.717) is 18.7 Å². The van der Waals surface area contributed by atoms with Crippen LogP contribution in [0.25, 0.3) is 0 Å². The molecule has 0 aromatic heterocycles. The van der Waals surface area contributed by atoms with Crippen molar-refractivity contribution in [1.29, 1.82) is 0 Å². The van der Waals surface area contributed by atoms with Crippen molar-refractivity contribution in [2.45, 2.75) is 16.6 Å². The van der Waals surface area contributed by atoms with Gasteiger partial charge in [-0.05, 0) is 48.4 Å². The lowest BCUT2D eigenvalue weighted by Crippen LogP contribution is -2.33. The highest BCUT2D eigenvalue weighted by Crippen LogP contribution is 2.40. The van der Waals surface area contributed by atoms with E-state index in [0.717, 1.165) is 28.0 Å². The van der Waals surface area contributed by atoms with Gasteiger partial charge in [-0.2, -0.15) is 11.8 Å². The van der Waals surface area contributed by atoms with Crippen LogP contribution in [0.4, 0.5) is 0 Å². The van der Waals surface area contributed by atoms with E-state index >= 15 is 0 Å². The molecule has 30 heavy (non-hydrogen) atoms. The number of thioether (sulfide) groups is 1. The Balaban J connectivity index is 1.43. The van der Waals surface area contributed by atoms with Crippen LogP contribution in [0.5, 0.6) is 11.5 Å². The molecule has 1 atom stereocenters. The van der Waals surface area contributed by atoms with Crippen LogP contribution >= 0.6 is 11.8 Å². The highest BCUT2D eigenvalue weighted by atomic mass is 32.2. The number of nitrogens with zero attached hydrogens (tertiary/aromatic N) is 2. The van der Waals surface area contributed by atoms with Crippen molar-refractivity contribution in [2.24, 2.45) is 0 Å². The summed E-state index contributed by atoms with van der Waals surface area (Å²) in [7, 11) is -0.535. The number of hydrogen-bond donors (Lipinski definition) is 0. The second-order valence-corrected chi connectivity index (χ2v) is 10.8. The van der Waals surface area contributed by atoms with Crippen molar-refractivity contribution in [1.82, 2.24) is 9.21 Å². The minimum Gasteiger partial charge on any atom is -0.454 e. The predicted molar refractivity (Wildman–Crippen MR) is 116 cm³/mol. The van der Waals surface area contributed by atoms with Crippen molar-refractivity contribution < 1.29 is 22.7 Å². The second-order valence-electron chi connectivity index (χ2n) is 7.36. The largest absolute Gasteiger partial charge is 0.454 e. The first kappa shape index (κ1) is 21.0. The van der Waals surface area contributed by atoms with E-state index in [1.165, 1.54) is 31.8 Å². The minimum absolute atomic E-state index is 0.0734. The number of benzene rings is 2. The fourth-order valence-corrected chi connectivity index (χ4v) is 5.64. The summed E-state index contributed by atoms with van der Waals surface area (Å²) in [6.07, 6.45) is 0.836. The summed E-state index contributed by atoms with van der Waals surface area (Å²) in [5.74, 6) is 2.31. The lowest BCUT2D eigenvalue weighted by atomic mass is 10.1. The quantitative estimate of drug-likeness (QED) is 0.716. The zero-order valence-electron chi connectivity index (χ0n) is 16.9. The zero-order valence-corrected chi connectivity index (χ0v) is 18.5. The molecule has 0 radical (unpaired) electrons. The highest BCUT2D eigenvalue weighted by Gasteiger charge is 2.25. The zero-order chi connectivity index (χ0) is 21.3. The summed E-state index contributed by atoms with van der Waals surface area (Å²) >= 11 is 1.83. The molecule has 1 amide bonds. The van der Waals surface area contributed by atoms with Gasteiger partial charge in [0.05, 0.1) is 4.90 Å². The number of carbonyl (C=O) groups excluding carboxylic acids is 1. The Morgan fingerprint density at radius 2 is 1.80 bits per heavy atom. The van der Waals surface area contributed by atoms with Gasteiger partial charge in [-0.3, -0.25) is 4.79 Å². The van der Waals surface area contributed by atoms with Crippen LogP contribution < -0.4 is 9.47 Å². The van der Waals surface area contributed by atoms with Gasteiger partial charge in [-0.25, -0.2) is 12.7 Å². The number of carbonyl (C=O) groups is 1. The summed E-state index contributed by atoms with van der Waals surface area (Å²) in [6.45, 7) is 1.55. The van der Waals surface area contributed by atoms with Crippen LogP contribution in [0.2, 0.25) is 0 Å². The Hall–Kier alpha value is -2.23. The Morgan fingerprint density at radius 1 is 1.07 bits per heavy atom. The molecular weight excluding hydrogens is 424 g/mol. The van der Waals surface area contributed by atoms with Gasteiger partial charge in [0.25, 0.3) is 5.91 Å². The second kappa shape index (κ2) is 8.49. The summed E-state index contributed by atoms with van der Waals surface area (Å²) in [4.78, 5) is 15.0. The maximum Gasteiger partial charge on any atom is 0.253 e. The number of amides is 1. The molecule has 2 heterocycles. The van der Waals surface area contributed by atoms with Crippen molar-refractivity contribution in [2.75, 3.05) is 39.7 Å². The average molecular weight is 449 g/mol. The first-order chi connectivity index (χ1) is 14.4. The van der Waals surface area contributed by atoms with Crippen LogP contribution in [0.3, 0.4) is 0 Å². The summed E-state index contributed by atoms with van der Waals surface area (Å²) in [5, 5.41) is 0.282. The lowest BCUT2D eigenvalue weighted by molar-refractivity contribution is 0.0766. The minimum atomic E-state index is -3.51. The molecule has 0 bridgehead atoms. The molecule has 1 fully saturated rings. The molecule has 1 unspecified atom stereocenters. The molecule has 0 spiro atoms. The fraction of sp³-hybridized carbons (Fsp3) is 0.381. The lowest BCUT2D eigenvalue weighted by Gasteiger charge is -2.21. The SMILES string of the molecule is CN(C)S(=O)(=O)c1ccc(C(=O)N2CCSC(c3ccc4c(c3)OCO4)CC2)cc1. The van der Waals surface area contributed by atoms with E-state index in [1.54, 1.807) is 12.1 Å². The van der Waals surface area contributed by atoms with Crippen molar-refractivity contribution >= 4 is 27.7 Å². The Kier molecular flexibility index (Phi) is 5.95. The van der Waals surface area contributed by atoms with E-state index in [-0.39, 0.29) is 22.8 Å². The monoisotopic (exact) mass is 448 g/mol. The predicted octanol–water partition coefficient (Wildman–Crippen LogP) is 2.99. The van der Waals surface area contributed by atoms with Gasteiger partial charge in [0.2, 0.25) is 16.8 Å². The third-order valence-corrected chi connectivity index (χ3v) is 8.43. The van der Waals surface area contributed by atoms with Gasteiger partial charge in [-0.15, -0.1) is 0 Å². The standard InChI is InChI=1S/C21H24N2O5S2/c1-22(2)30(25,26)17-6-3-15(4-7-17)21(24)23-10-9-20(29-12-11-23)16-5-8-18-19(13-16)28-14-27-18/h3-8,13,20H,9-12,14H2,1-2H3. The molecule has 1 saturated heterocycles. The normalized spacial score (nSPS) is 19.0. The summed E-state index contributed by atoms with van der Waals surface area (Å²) in [5.41, 5.74) is 1.68. The van der Waals surface area contributed by atoms with Gasteiger partial charge in [0.15, 0.2) is 11.5 Å². The third kappa shape index (κ3) is 4.14. The molecule has 4 rings (SSSR count). The Bertz CT molecular complexity index is 1040. The molecule has 9 heteroatoms. The van der Waals surface area contributed by atoms with Crippen LogP contribution in [-0.2, 0) is 10.0 Å². The average Bonchev–Trinajstić information content (AvgIpc) is 3.08.